The number of hydrogen-bond donors (Lipinski definition) is 1. The monoisotopic (exact) mass is 320 g/mol. The molecular weight excluding hydrogens is 300 g/mol. The Morgan fingerprint density at radius 3 is 2.68 bits per heavy atom. The zero-order valence-electron chi connectivity index (χ0n) is 13.0. The van der Waals surface area contributed by atoms with Crippen LogP contribution in [0.3, 0.4) is 0 Å². The summed E-state index contributed by atoms with van der Waals surface area (Å²) in [5.41, 5.74) is 0.141. The Hall–Kier alpha value is -1.73. The Morgan fingerprint density at radius 1 is 1.41 bits per heavy atom. The predicted molar refractivity (Wildman–Crippen MR) is 85.9 cm³/mol. The highest BCUT2D eigenvalue weighted by Gasteiger charge is 2.35. The highest BCUT2D eigenvalue weighted by molar-refractivity contribution is 6.30. The molecule has 1 amide bonds. The third-order valence-electron chi connectivity index (χ3n) is 4.09. The fourth-order valence-corrected chi connectivity index (χ4v) is 2.97. The first-order chi connectivity index (χ1) is 10.5. The number of nitrogens with one attached hydrogen (secondary N) is 1. The quantitative estimate of drug-likeness (QED) is 0.918. The van der Waals surface area contributed by atoms with E-state index in [0.717, 1.165) is 24.8 Å². The number of rotatable bonds is 4. The van der Waals surface area contributed by atoms with Crippen molar-refractivity contribution in [2.24, 2.45) is 0 Å². The Balaban J connectivity index is 2.01. The van der Waals surface area contributed by atoms with Crippen molar-refractivity contribution >= 4 is 17.5 Å². The van der Waals surface area contributed by atoms with Crippen molar-refractivity contribution in [3.8, 4) is 11.8 Å². The van der Waals surface area contributed by atoms with Gasteiger partial charge in [0.2, 0.25) is 0 Å². The number of hydrogen-bond acceptors (Lipinski definition) is 3. The maximum atomic E-state index is 12.3. The van der Waals surface area contributed by atoms with E-state index in [1.165, 1.54) is 0 Å². The van der Waals surface area contributed by atoms with Crippen molar-refractivity contribution < 1.29 is 9.53 Å². The molecule has 118 valence electrons. The van der Waals surface area contributed by atoms with Gasteiger partial charge in [-0.05, 0) is 50.5 Å². The van der Waals surface area contributed by atoms with Gasteiger partial charge in [0.05, 0.1) is 6.07 Å². The molecule has 5 heteroatoms. The summed E-state index contributed by atoms with van der Waals surface area (Å²) in [5.74, 6) is 0.375. The molecule has 0 heterocycles. The van der Waals surface area contributed by atoms with Crippen molar-refractivity contribution in [2.75, 3.05) is 0 Å². The molecule has 1 aliphatic rings. The molecule has 22 heavy (non-hydrogen) atoms. The van der Waals surface area contributed by atoms with Crippen LogP contribution in [0.5, 0.6) is 5.75 Å². The topological polar surface area (TPSA) is 62.1 Å². The molecule has 1 aromatic rings. The molecule has 1 atom stereocenters. The summed E-state index contributed by atoms with van der Waals surface area (Å²) < 4.78 is 5.71. The van der Waals surface area contributed by atoms with Crippen LogP contribution in [0.2, 0.25) is 5.02 Å². The fourth-order valence-electron chi connectivity index (χ4n) is 2.75. The van der Waals surface area contributed by atoms with Gasteiger partial charge in [-0.25, -0.2) is 0 Å². The molecule has 0 aliphatic heterocycles. The number of ether oxygens (including phenoxy) is 1. The zero-order chi connectivity index (χ0) is 16.2. The second kappa shape index (κ2) is 7.02. The van der Waals surface area contributed by atoms with Gasteiger partial charge in [0, 0.05) is 5.02 Å². The Bertz CT molecular complexity index is 589. The van der Waals surface area contributed by atoms with Crippen LogP contribution in [0, 0.1) is 18.3 Å². The predicted octanol–water partition coefficient (Wildman–Crippen LogP) is 3.76. The lowest BCUT2D eigenvalue weighted by Crippen LogP contribution is -2.52. The summed E-state index contributed by atoms with van der Waals surface area (Å²) in [6.45, 7) is 3.57. The van der Waals surface area contributed by atoms with Gasteiger partial charge in [0.15, 0.2) is 6.10 Å². The molecule has 1 aliphatic carbocycles. The van der Waals surface area contributed by atoms with Crippen LogP contribution in [-0.4, -0.2) is 17.6 Å². The Kier molecular flexibility index (Phi) is 5.31. The molecule has 4 nitrogen and oxygen atoms in total. The van der Waals surface area contributed by atoms with Crippen molar-refractivity contribution in [3.05, 3.63) is 28.8 Å². The molecule has 0 spiro atoms. The molecule has 0 aromatic heterocycles. The number of nitrogens with zero attached hydrogens (tertiary/aromatic N) is 1. The van der Waals surface area contributed by atoms with Gasteiger partial charge in [-0.2, -0.15) is 5.26 Å². The fraction of sp³-hybridized carbons (Fsp3) is 0.529. The summed E-state index contributed by atoms with van der Waals surface area (Å²) in [6, 6.07) is 7.55. The smallest absolute Gasteiger partial charge is 0.262 e. The normalized spacial score (nSPS) is 18.1. The van der Waals surface area contributed by atoms with E-state index in [0.29, 0.717) is 23.6 Å². The standard InChI is InChI=1S/C17H21ClN2O2/c1-12-10-14(18)6-7-15(12)22-13(2)16(21)20-17(11-19)8-4-3-5-9-17/h6-7,10,13H,3-5,8-9H2,1-2H3,(H,20,21)/t13-/m0/s1. The number of amides is 1. The van der Waals surface area contributed by atoms with E-state index < -0.39 is 11.6 Å². The minimum atomic E-state index is -0.734. The Morgan fingerprint density at radius 2 is 2.09 bits per heavy atom. The van der Waals surface area contributed by atoms with Crippen LogP contribution in [0.4, 0.5) is 0 Å². The molecule has 0 bridgehead atoms. The van der Waals surface area contributed by atoms with Crippen LogP contribution in [0.25, 0.3) is 0 Å². The molecule has 0 saturated heterocycles. The summed E-state index contributed by atoms with van der Waals surface area (Å²) >= 11 is 5.91. The van der Waals surface area contributed by atoms with Crippen molar-refractivity contribution in [1.82, 2.24) is 5.32 Å². The first kappa shape index (κ1) is 16.6. The lowest BCUT2D eigenvalue weighted by atomic mass is 9.83. The second-order valence-electron chi connectivity index (χ2n) is 5.91. The summed E-state index contributed by atoms with van der Waals surface area (Å²) in [7, 11) is 0. The van der Waals surface area contributed by atoms with Gasteiger partial charge in [0.1, 0.15) is 11.3 Å². The average Bonchev–Trinajstić information content (AvgIpc) is 2.51. The first-order valence-electron chi connectivity index (χ1n) is 7.62. The number of benzene rings is 1. The highest BCUT2D eigenvalue weighted by Crippen LogP contribution is 2.28. The van der Waals surface area contributed by atoms with E-state index in [4.69, 9.17) is 16.3 Å². The maximum absolute atomic E-state index is 12.3. The first-order valence-corrected chi connectivity index (χ1v) is 8.00. The largest absolute Gasteiger partial charge is 0.481 e. The van der Waals surface area contributed by atoms with E-state index in [1.807, 2.05) is 6.92 Å². The third-order valence-corrected chi connectivity index (χ3v) is 4.33. The number of aryl methyl sites for hydroxylation is 1. The minimum Gasteiger partial charge on any atom is -0.481 e. The van der Waals surface area contributed by atoms with Crippen LogP contribution in [-0.2, 0) is 4.79 Å². The minimum absolute atomic E-state index is 0.252. The van der Waals surface area contributed by atoms with E-state index in [1.54, 1.807) is 25.1 Å². The molecule has 1 fully saturated rings. The van der Waals surface area contributed by atoms with E-state index in [-0.39, 0.29) is 5.91 Å². The van der Waals surface area contributed by atoms with Gasteiger partial charge in [-0.3, -0.25) is 4.79 Å². The molecule has 0 unspecified atom stereocenters. The number of carbonyl (C=O) groups is 1. The van der Waals surface area contributed by atoms with Crippen molar-refractivity contribution in [1.29, 1.82) is 5.26 Å². The van der Waals surface area contributed by atoms with E-state index in [2.05, 4.69) is 11.4 Å². The molecular formula is C17H21ClN2O2. The average molecular weight is 321 g/mol. The van der Waals surface area contributed by atoms with Crippen LogP contribution in [0.1, 0.15) is 44.6 Å². The van der Waals surface area contributed by atoms with Crippen LogP contribution in [0.15, 0.2) is 18.2 Å². The number of carbonyl (C=O) groups excluding carboxylic acids is 1. The third kappa shape index (κ3) is 3.92. The van der Waals surface area contributed by atoms with Gasteiger partial charge in [0.25, 0.3) is 5.91 Å². The molecule has 1 N–H and O–H groups in total. The highest BCUT2D eigenvalue weighted by atomic mass is 35.5. The van der Waals surface area contributed by atoms with Gasteiger partial charge < -0.3 is 10.1 Å². The van der Waals surface area contributed by atoms with Gasteiger partial charge >= 0.3 is 0 Å². The summed E-state index contributed by atoms with van der Waals surface area (Å²) in [4.78, 5) is 12.3. The molecule has 0 radical (unpaired) electrons. The molecule has 1 saturated carbocycles. The van der Waals surface area contributed by atoms with E-state index >= 15 is 0 Å². The van der Waals surface area contributed by atoms with Gasteiger partial charge in [-0.15, -0.1) is 0 Å². The molecule has 1 aromatic carbocycles. The zero-order valence-corrected chi connectivity index (χ0v) is 13.7. The SMILES string of the molecule is Cc1cc(Cl)ccc1O[C@@H](C)C(=O)NC1(C#N)CCCCC1. The molecule has 2 rings (SSSR count). The number of nitriles is 1. The van der Waals surface area contributed by atoms with Crippen LogP contribution < -0.4 is 10.1 Å². The summed E-state index contributed by atoms with van der Waals surface area (Å²) in [5, 5.41) is 12.9. The van der Waals surface area contributed by atoms with Gasteiger partial charge in [-0.1, -0.05) is 30.9 Å². The summed E-state index contributed by atoms with van der Waals surface area (Å²) in [6.07, 6.45) is 3.82. The second-order valence-corrected chi connectivity index (χ2v) is 6.35. The van der Waals surface area contributed by atoms with Crippen molar-refractivity contribution in [3.63, 3.8) is 0 Å². The lowest BCUT2D eigenvalue weighted by molar-refractivity contribution is -0.129. The maximum Gasteiger partial charge on any atom is 0.262 e. The van der Waals surface area contributed by atoms with Crippen molar-refractivity contribution in [2.45, 2.75) is 57.6 Å². The van der Waals surface area contributed by atoms with E-state index in [9.17, 15) is 10.1 Å². The Labute approximate surface area is 136 Å². The number of halogens is 1. The van der Waals surface area contributed by atoms with Crippen LogP contribution >= 0.6 is 11.6 Å². The lowest BCUT2D eigenvalue weighted by Gasteiger charge is -2.32.